The molecule has 2 saturated carbocycles. The number of fused-ring (bicyclic) bond motifs is 5. The van der Waals surface area contributed by atoms with Gasteiger partial charge in [0.1, 0.15) is 12.2 Å². The first-order valence-electron chi connectivity index (χ1n) is 13.1. The zero-order valence-electron chi connectivity index (χ0n) is 22.4. The molecule has 0 saturated heterocycles. The summed E-state index contributed by atoms with van der Waals surface area (Å²) in [6, 6.07) is 2.04. The molecular formula is C30H38O6. The van der Waals surface area contributed by atoms with Crippen LogP contribution in [0.25, 0.3) is 0 Å². The Balaban J connectivity index is 1.73. The molecule has 0 aliphatic heterocycles. The average Bonchev–Trinajstić information content (AvgIpc) is 3.41. The number of hydrogen-bond donors (Lipinski definition) is 0. The van der Waals surface area contributed by atoms with Crippen molar-refractivity contribution in [1.29, 1.82) is 0 Å². The zero-order chi connectivity index (χ0) is 26.3. The Hall–Kier alpha value is -2.63. The minimum absolute atomic E-state index is 0.00746. The molecule has 0 N–H and O–H groups in total. The number of ketones is 1. The van der Waals surface area contributed by atoms with E-state index in [4.69, 9.17) is 13.9 Å². The summed E-state index contributed by atoms with van der Waals surface area (Å²) < 4.78 is 17.7. The number of carbonyl (C=O) groups excluding carboxylic acids is 3. The van der Waals surface area contributed by atoms with Crippen molar-refractivity contribution in [3.63, 3.8) is 0 Å². The maximum absolute atomic E-state index is 13.2. The fourth-order valence-corrected chi connectivity index (χ4v) is 9.09. The van der Waals surface area contributed by atoms with Gasteiger partial charge in [-0.05, 0) is 59.6 Å². The van der Waals surface area contributed by atoms with Gasteiger partial charge in [-0.3, -0.25) is 14.4 Å². The van der Waals surface area contributed by atoms with Gasteiger partial charge in [-0.2, -0.15) is 0 Å². The van der Waals surface area contributed by atoms with Crippen molar-refractivity contribution in [2.75, 3.05) is 0 Å². The number of ether oxygens (including phenoxy) is 2. The van der Waals surface area contributed by atoms with E-state index < -0.39 is 40.4 Å². The number of carbonyl (C=O) groups is 3. The molecule has 1 heterocycles. The molecule has 1 aromatic heterocycles. The molecule has 0 spiro atoms. The van der Waals surface area contributed by atoms with E-state index in [-0.39, 0.29) is 29.0 Å². The second-order valence-electron chi connectivity index (χ2n) is 12.6. The molecule has 36 heavy (non-hydrogen) atoms. The molecule has 0 amide bonds. The summed E-state index contributed by atoms with van der Waals surface area (Å²) in [7, 11) is 0. The van der Waals surface area contributed by atoms with Crippen molar-refractivity contribution in [2.24, 2.45) is 33.5 Å². The van der Waals surface area contributed by atoms with E-state index >= 15 is 0 Å². The normalized spacial score (nSPS) is 42.6. The Morgan fingerprint density at radius 3 is 2.36 bits per heavy atom. The molecule has 6 nitrogen and oxygen atoms in total. The lowest BCUT2D eigenvalue weighted by atomic mass is 9.37. The molecule has 1 aromatic rings. The molecule has 5 rings (SSSR count). The van der Waals surface area contributed by atoms with Crippen LogP contribution in [-0.4, -0.2) is 29.9 Å². The van der Waals surface area contributed by atoms with Crippen LogP contribution in [-0.2, 0) is 23.9 Å². The van der Waals surface area contributed by atoms with Crippen LogP contribution in [0.1, 0.15) is 79.2 Å². The molecule has 8 atom stereocenters. The van der Waals surface area contributed by atoms with Crippen LogP contribution in [0.4, 0.5) is 0 Å². The molecule has 0 radical (unpaired) electrons. The number of allylic oxidation sites excluding steroid dienone is 3. The van der Waals surface area contributed by atoms with Gasteiger partial charge in [0.25, 0.3) is 0 Å². The van der Waals surface area contributed by atoms with Gasteiger partial charge in [0, 0.05) is 30.6 Å². The van der Waals surface area contributed by atoms with Crippen LogP contribution < -0.4 is 0 Å². The van der Waals surface area contributed by atoms with Crippen LogP contribution in [0.5, 0.6) is 0 Å². The van der Waals surface area contributed by atoms with Gasteiger partial charge in [0.15, 0.2) is 5.78 Å². The molecule has 4 aliphatic rings. The predicted octanol–water partition coefficient (Wildman–Crippen LogP) is 5.78. The van der Waals surface area contributed by atoms with Gasteiger partial charge in [-0.25, -0.2) is 0 Å². The summed E-state index contributed by atoms with van der Waals surface area (Å²) in [6.45, 7) is 13.4. The molecule has 2 unspecified atom stereocenters. The van der Waals surface area contributed by atoms with Gasteiger partial charge in [0.2, 0.25) is 0 Å². The van der Waals surface area contributed by atoms with Crippen molar-refractivity contribution in [3.05, 3.63) is 48.0 Å². The van der Waals surface area contributed by atoms with E-state index in [1.165, 1.54) is 25.0 Å². The highest BCUT2D eigenvalue weighted by molar-refractivity contribution is 5.96. The summed E-state index contributed by atoms with van der Waals surface area (Å²) in [5.74, 6) is -0.808. The maximum atomic E-state index is 13.2. The standard InChI is InChI=1S/C30H38O6/c1-17(31)35-24-25-27(3,4)23(33)11-14-29(25,6)22-10-13-28(5)20(19-12-15-34-16-19)8-9-21(28)30(22,7)26(24)36-18(2)32/h9,11-12,14-16,20,22,24-26H,8,10,13H2,1-7H3/t20-,22?,24+,25?,26+,28-,29+,30-/m0/s1. The quantitative estimate of drug-likeness (QED) is 0.391. The average molecular weight is 495 g/mol. The number of furan rings is 1. The van der Waals surface area contributed by atoms with E-state index in [2.05, 4.69) is 32.9 Å². The van der Waals surface area contributed by atoms with Crippen molar-refractivity contribution in [2.45, 2.75) is 85.9 Å². The fraction of sp³-hybridized carbons (Fsp3) is 0.633. The fourth-order valence-electron chi connectivity index (χ4n) is 9.09. The van der Waals surface area contributed by atoms with Crippen molar-refractivity contribution < 1.29 is 28.3 Å². The topological polar surface area (TPSA) is 82.8 Å². The van der Waals surface area contributed by atoms with Crippen molar-refractivity contribution in [3.8, 4) is 0 Å². The highest BCUT2D eigenvalue weighted by atomic mass is 16.6. The summed E-state index contributed by atoms with van der Waals surface area (Å²) in [5, 5.41) is 0. The first-order chi connectivity index (χ1) is 16.8. The predicted molar refractivity (Wildman–Crippen MR) is 134 cm³/mol. The summed E-state index contributed by atoms with van der Waals surface area (Å²) in [5.41, 5.74) is 0.496. The maximum Gasteiger partial charge on any atom is 0.303 e. The zero-order valence-corrected chi connectivity index (χ0v) is 22.4. The van der Waals surface area contributed by atoms with E-state index in [0.717, 1.165) is 19.3 Å². The molecule has 194 valence electrons. The lowest BCUT2D eigenvalue weighted by Crippen LogP contribution is -2.70. The molecular weight excluding hydrogens is 456 g/mol. The molecule has 2 fully saturated rings. The van der Waals surface area contributed by atoms with Crippen molar-refractivity contribution >= 4 is 17.7 Å². The highest BCUT2D eigenvalue weighted by Crippen LogP contribution is 2.73. The van der Waals surface area contributed by atoms with Crippen molar-refractivity contribution in [1.82, 2.24) is 0 Å². The summed E-state index contributed by atoms with van der Waals surface area (Å²) in [6.07, 6.45) is 11.0. The Bertz CT molecular complexity index is 1160. The smallest absolute Gasteiger partial charge is 0.303 e. The molecule has 6 heteroatoms. The second-order valence-corrected chi connectivity index (χ2v) is 12.6. The molecule has 4 aliphatic carbocycles. The van der Waals surface area contributed by atoms with Crippen LogP contribution in [0, 0.1) is 33.5 Å². The minimum atomic E-state index is -0.784. The summed E-state index contributed by atoms with van der Waals surface area (Å²) >= 11 is 0. The first-order valence-corrected chi connectivity index (χ1v) is 13.1. The van der Waals surface area contributed by atoms with Crippen LogP contribution >= 0.6 is 0 Å². The van der Waals surface area contributed by atoms with Crippen LogP contribution in [0.3, 0.4) is 0 Å². The van der Waals surface area contributed by atoms with E-state index in [1.54, 1.807) is 12.3 Å². The summed E-state index contributed by atoms with van der Waals surface area (Å²) in [4.78, 5) is 38.2. The SMILES string of the molecule is CC(=O)O[C@@H]1C2C(C)(C)C(=O)C=C[C@]2(C)C2CC[C@]3(C)C(=CC[C@H]3c3ccoc3)[C@]2(C)[C@@H]1OC(C)=O. The van der Waals surface area contributed by atoms with Gasteiger partial charge >= 0.3 is 11.9 Å². The second kappa shape index (κ2) is 7.93. The Kier molecular flexibility index (Phi) is 5.52. The van der Waals surface area contributed by atoms with Gasteiger partial charge in [-0.1, -0.05) is 52.3 Å². The van der Waals surface area contributed by atoms with Gasteiger partial charge < -0.3 is 13.9 Å². The molecule has 0 bridgehead atoms. The Morgan fingerprint density at radius 1 is 1.06 bits per heavy atom. The third-order valence-electron chi connectivity index (χ3n) is 10.4. The van der Waals surface area contributed by atoms with Gasteiger partial charge in [-0.15, -0.1) is 0 Å². The lowest BCUT2D eigenvalue weighted by molar-refractivity contribution is -0.237. The Labute approximate surface area is 213 Å². The Morgan fingerprint density at radius 2 is 1.75 bits per heavy atom. The van der Waals surface area contributed by atoms with Crippen LogP contribution in [0.2, 0.25) is 0 Å². The number of hydrogen-bond acceptors (Lipinski definition) is 6. The van der Waals surface area contributed by atoms with E-state index in [1.807, 2.05) is 26.2 Å². The first kappa shape index (κ1) is 25.0. The van der Waals surface area contributed by atoms with E-state index in [0.29, 0.717) is 0 Å². The largest absolute Gasteiger partial charge is 0.472 e. The van der Waals surface area contributed by atoms with E-state index in [9.17, 15) is 14.4 Å². The lowest BCUT2D eigenvalue weighted by Gasteiger charge is -2.67. The third-order valence-corrected chi connectivity index (χ3v) is 10.4. The third kappa shape index (κ3) is 3.18. The number of rotatable bonds is 3. The minimum Gasteiger partial charge on any atom is -0.472 e. The van der Waals surface area contributed by atoms with Crippen LogP contribution in [0.15, 0.2) is 46.8 Å². The number of esters is 2. The highest BCUT2D eigenvalue weighted by Gasteiger charge is 2.72. The molecule has 0 aromatic carbocycles. The monoisotopic (exact) mass is 494 g/mol. The van der Waals surface area contributed by atoms with Gasteiger partial charge in [0.05, 0.1) is 12.5 Å².